The summed E-state index contributed by atoms with van der Waals surface area (Å²) < 4.78 is 0. The van der Waals surface area contributed by atoms with E-state index in [2.05, 4.69) is 0 Å². The van der Waals surface area contributed by atoms with Crippen LogP contribution < -0.4 is 0 Å². The molecule has 1 aromatic rings. The molecule has 10 nitrogen and oxygen atoms in total. The van der Waals surface area contributed by atoms with Gasteiger partial charge in [0.25, 0.3) is 11.8 Å². The monoisotopic (exact) mass is 414 g/mol. The third-order valence-corrected chi connectivity index (χ3v) is 6.67. The van der Waals surface area contributed by atoms with Gasteiger partial charge in [-0.25, -0.2) is 0 Å². The van der Waals surface area contributed by atoms with E-state index in [0.29, 0.717) is 0 Å². The Balaban J connectivity index is 1.44. The lowest BCUT2D eigenvalue weighted by Crippen LogP contribution is -2.33. The van der Waals surface area contributed by atoms with Crippen molar-refractivity contribution in [3.8, 4) is 0 Å². The molecule has 0 bridgehead atoms. The van der Waals surface area contributed by atoms with Crippen LogP contribution in [0.4, 0.5) is 0 Å². The van der Waals surface area contributed by atoms with E-state index in [4.69, 9.17) is 9.68 Å². The molecule has 4 aliphatic heterocycles. The highest BCUT2D eigenvalue weighted by atomic mass is 16.7. The van der Waals surface area contributed by atoms with Crippen LogP contribution in [0, 0.1) is 11.8 Å². The fraction of sp³-hybridized carbons (Fsp3) is 0.500. The van der Waals surface area contributed by atoms with Crippen molar-refractivity contribution in [3.63, 3.8) is 0 Å². The number of carbonyl (C=O) groups is 4. The summed E-state index contributed by atoms with van der Waals surface area (Å²) in [6, 6.07) is 6.68. The minimum atomic E-state index is -0.801. The Morgan fingerprint density at radius 2 is 0.933 bits per heavy atom. The molecule has 10 heteroatoms. The van der Waals surface area contributed by atoms with E-state index >= 15 is 0 Å². The summed E-state index contributed by atoms with van der Waals surface area (Å²) in [5.41, 5.74) is 1.66. The number of imide groups is 2. The molecular formula is C20H22N4O6. The Hall–Kier alpha value is -2.66. The van der Waals surface area contributed by atoms with Crippen molar-refractivity contribution >= 4 is 23.6 Å². The van der Waals surface area contributed by atoms with Gasteiger partial charge in [0.15, 0.2) is 12.2 Å². The summed E-state index contributed by atoms with van der Waals surface area (Å²) in [6.45, 7) is 0. The maximum atomic E-state index is 12.6. The van der Waals surface area contributed by atoms with Crippen molar-refractivity contribution in [2.75, 3.05) is 28.2 Å². The van der Waals surface area contributed by atoms with E-state index in [9.17, 15) is 19.2 Å². The first-order chi connectivity index (χ1) is 14.2. The van der Waals surface area contributed by atoms with Crippen LogP contribution in [0.3, 0.4) is 0 Å². The largest absolute Gasteiger partial charge is 0.284 e. The van der Waals surface area contributed by atoms with Gasteiger partial charge in [0.2, 0.25) is 11.8 Å². The lowest BCUT2D eigenvalue weighted by molar-refractivity contribution is -0.169. The SMILES string of the molecule is CN1C(=O)[C@H]2[C@H](ON(C)[C@@H]2c2ccc([C@H]3[C@H]4C(=O)N(C)C(=O)[C@H]4ON3C)cc2)C1=O. The number of amides is 4. The summed E-state index contributed by atoms with van der Waals surface area (Å²) in [5, 5.41) is 3.12. The molecule has 5 rings (SSSR count). The van der Waals surface area contributed by atoms with Gasteiger partial charge in [-0.1, -0.05) is 24.3 Å². The Morgan fingerprint density at radius 3 is 1.27 bits per heavy atom. The number of rotatable bonds is 2. The molecule has 0 spiro atoms. The summed E-state index contributed by atoms with van der Waals surface area (Å²) in [5.74, 6) is -2.37. The van der Waals surface area contributed by atoms with Crippen LogP contribution in [-0.2, 0) is 28.9 Å². The highest BCUT2D eigenvalue weighted by Gasteiger charge is 2.59. The molecule has 0 unspecified atom stereocenters. The molecule has 0 saturated carbocycles. The molecule has 4 fully saturated rings. The van der Waals surface area contributed by atoms with Crippen LogP contribution in [0.25, 0.3) is 0 Å². The number of carbonyl (C=O) groups excluding carboxylic acids is 4. The van der Waals surface area contributed by atoms with Gasteiger partial charge >= 0.3 is 0 Å². The summed E-state index contributed by atoms with van der Waals surface area (Å²) in [4.78, 5) is 63.2. The Bertz CT molecular complexity index is 888. The van der Waals surface area contributed by atoms with Crippen molar-refractivity contribution in [1.82, 2.24) is 19.9 Å². The van der Waals surface area contributed by atoms with Crippen LogP contribution in [-0.4, -0.2) is 84.0 Å². The molecule has 4 saturated heterocycles. The molecule has 158 valence electrons. The summed E-state index contributed by atoms with van der Waals surface area (Å²) >= 11 is 0. The van der Waals surface area contributed by atoms with Gasteiger partial charge in [0.1, 0.15) is 0 Å². The highest BCUT2D eigenvalue weighted by Crippen LogP contribution is 2.45. The summed E-state index contributed by atoms with van der Waals surface area (Å²) in [7, 11) is 6.35. The molecule has 0 radical (unpaired) electrons. The second-order valence-corrected chi connectivity index (χ2v) is 8.22. The highest BCUT2D eigenvalue weighted by molar-refractivity contribution is 6.07. The van der Waals surface area contributed by atoms with Gasteiger partial charge < -0.3 is 0 Å². The van der Waals surface area contributed by atoms with Crippen LogP contribution in [0.15, 0.2) is 24.3 Å². The smallest absolute Gasteiger partial charge is 0.261 e. The number of hydrogen-bond donors (Lipinski definition) is 0. The molecule has 30 heavy (non-hydrogen) atoms. The average molecular weight is 414 g/mol. The van der Waals surface area contributed by atoms with Crippen LogP contribution in [0.2, 0.25) is 0 Å². The Labute approximate surface area is 172 Å². The lowest BCUT2D eigenvalue weighted by atomic mass is 9.87. The zero-order valence-corrected chi connectivity index (χ0v) is 17.0. The second kappa shape index (κ2) is 6.42. The number of benzene rings is 1. The van der Waals surface area contributed by atoms with Crippen molar-refractivity contribution < 1.29 is 28.9 Å². The minimum Gasteiger partial charge on any atom is -0.284 e. The van der Waals surface area contributed by atoms with Crippen LogP contribution in [0.5, 0.6) is 0 Å². The number of likely N-dealkylation sites (tertiary alicyclic amines) is 2. The standard InChI is InChI=1S/C20H22N4O6/c1-21-17(25)11-13(23(3)29-15(11)19(21)27)9-5-7-10(8-6-9)14-12-16(30-24(14)4)20(28)22(2)18(12)26/h5-8,11-16H,1-4H3/t11-,12-,13-,14+,15+,16+/m1/s1. The normalized spacial score (nSPS) is 36.9. The van der Waals surface area contributed by atoms with Gasteiger partial charge in [-0.05, 0) is 11.1 Å². The van der Waals surface area contributed by atoms with Crippen molar-refractivity contribution in [1.29, 1.82) is 0 Å². The fourth-order valence-electron chi connectivity index (χ4n) is 5.10. The maximum absolute atomic E-state index is 12.6. The van der Waals surface area contributed by atoms with E-state index in [1.165, 1.54) is 14.1 Å². The molecule has 0 aliphatic carbocycles. The summed E-state index contributed by atoms with van der Waals surface area (Å²) in [6.07, 6.45) is -1.60. The van der Waals surface area contributed by atoms with Gasteiger partial charge in [0, 0.05) is 28.2 Å². The second-order valence-electron chi connectivity index (χ2n) is 8.22. The number of likely N-dealkylation sites (N-methyl/N-ethyl adjacent to an activating group) is 2. The predicted molar refractivity (Wildman–Crippen MR) is 99.7 cm³/mol. The molecule has 0 aromatic heterocycles. The third kappa shape index (κ3) is 2.38. The van der Waals surface area contributed by atoms with Gasteiger partial charge in [-0.3, -0.25) is 38.7 Å². The van der Waals surface area contributed by atoms with E-state index in [1.807, 2.05) is 24.3 Å². The zero-order valence-electron chi connectivity index (χ0n) is 17.0. The molecule has 0 N–H and O–H groups in total. The topological polar surface area (TPSA) is 99.7 Å². The fourth-order valence-corrected chi connectivity index (χ4v) is 5.10. The van der Waals surface area contributed by atoms with Crippen LogP contribution in [0.1, 0.15) is 23.2 Å². The first-order valence-electron chi connectivity index (χ1n) is 9.74. The molecule has 4 amide bonds. The van der Waals surface area contributed by atoms with E-state index in [-0.39, 0.29) is 23.6 Å². The first-order valence-corrected chi connectivity index (χ1v) is 9.74. The average Bonchev–Trinajstić information content (AvgIpc) is 3.37. The number of hydrogen-bond acceptors (Lipinski definition) is 8. The first kappa shape index (κ1) is 19.3. The maximum Gasteiger partial charge on any atom is 0.261 e. The predicted octanol–water partition coefficient (Wildman–Crippen LogP) is -0.510. The minimum absolute atomic E-state index is 0.256. The Kier molecular flexibility index (Phi) is 4.13. The van der Waals surface area contributed by atoms with Gasteiger partial charge in [0.05, 0.1) is 23.9 Å². The van der Waals surface area contributed by atoms with Crippen molar-refractivity contribution in [2.24, 2.45) is 11.8 Å². The van der Waals surface area contributed by atoms with E-state index < -0.39 is 36.1 Å². The lowest BCUT2D eigenvalue weighted by Gasteiger charge is -2.25. The quantitative estimate of drug-likeness (QED) is 0.597. The zero-order chi connectivity index (χ0) is 21.5. The molecule has 4 heterocycles. The third-order valence-electron chi connectivity index (χ3n) is 6.67. The molecule has 1 aromatic carbocycles. The molecular weight excluding hydrogens is 392 g/mol. The van der Waals surface area contributed by atoms with Gasteiger partial charge in [-0.15, -0.1) is 0 Å². The van der Waals surface area contributed by atoms with E-state index in [0.717, 1.165) is 20.9 Å². The molecule has 6 atom stereocenters. The number of fused-ring (bicyclic) bond motifs is 2. The van der Waals surface area contributed by atoms with Gasteiger partial charge in [-0.2, -0.15) is 10.1 Å². The van der Waals surface area contributed by atoms with Crippen molar-refractivity contribution in [3.05, 3.63) is 35.4 Å². The van der Waals surface area contributed by atoms with E-state index in [1.54, 1.807) is 24.2 Å². The van der Waals surface area contributed by atoms with Crippen LogP contribution >= 0.6 is 0 Å². The molecule has 4 aliphatic rings. The van der Waals surface area contributed by atoms with Crippen molar-refractivity contribution in [2.45, 2.75) is 24.3 Å². The number of nitrogens with zero attached hydrogens (tertiary/aromatic N) is 4. The Morgan fingerprint density at radius 1 is 0.600 bits per heavy atom. The number of hydroxylamine groups is 4.